The Labute approximate surface area is 168 Å². The van der Waals surface area contributed by atoms with Crippen molar-refractivity contribution in [3.05, 3.63) is 68.8 Å². The van der Waals surface area contributed by atoms with Gasteiger partial charge in [0.05, 0.1) is 15.9 Å². The van der Waals surface area contributed by atoms with Gasteiger partial charge in [-0.2, -0.15) is 0 Å². The van der Waals surface area contributed by atoms with Crippen molar-refractivity contribution in [3.63, 3.8) is 0 Å². The molecule has 0 radical (unpaired) electrons. The van der Waals surface area contributed by atoms with Gasteiger partial charge in [-0.1, -0.05) is 30.2 Å². The first-order chi connectivity index (χ1) is 13.0. The Morgan fingerprint density at radius 3 is 2.74 bits per heavy atom. The number of amides is 2. The highest BCUT2D eigenvalue weighted by Crippen LogP contribution is 2.33. The topological polar surface area (TPSA) is 46.6 Å². The van der Waals surface area contributed by atoms with Gasteiger partial charge in [-0.3, -0.25) is 14.5 Å². The number of nitrogens with zero attached hydrogens (tertiary/aromatic N) is 1. The van der Waals surface area contributed by atoms with E-state index >= 15 is 0 Å². The third-order valence-corrected chi connectivity index (χ3v) is 5.24. The summed E-state index contributed by atoms with van der Waals surface area (Å²) in [6, 6.07) is 11.6. The predicted molar refractivity (Wildman–Crippen MR) is 106 cm³/mol. The van der Waals surface area contributed by atoms with Crippen molar-refractivity contribution in [1.82, 2.24) is 4.90 Å². The summed E-state index contributed by atoms with van der Waals surface area (Å²) >= 11 is 4.26. The minimum absolute atomic E-state index is 0.0471. The van der Waals surface area contributed by atoms with Crippen LogP contribution in [-0.4, -0.2) is 22.6 Å². The smallest absolute Gasteiger partial charge is 0.294 e. The van der Waals surface area contributed by atoms with Crippen molar-refractivity contribution in [2.75, 3.05) is 6.54 Å². The minimum Gasteiger partial charge on any atom is -0.488 e. The van der Waals surface area contributed by atoms with Crippen LogP contribution in [0.4, 0.5) is 9.18 Å². The molecule has 0 N–H and O–H groups in total. The molecule has 4 nitrogen and oxygen atoms in total. The van der Waals surface area contributed by atoms with E-state index in [0.29, 0.717) is 26.3 Å². The first-order valence-electron chi connectivity index (χ1n) is 7.84. The molecule has 1 aliphatic rings. The average Bonchev–Trinajstić information content (AvgIpc) is 2.90. The molecule has 2 aromatic rings. The molecule has 1 heterocycles. The number of halogens is 2. The number of hydrogen-bond acceptors (Lipinski definition) is 4. The van der Waals surface area contributed by atoms with Gasteiger partial charge in [-0.15, -0.1) is 6.42 Å². The van der Waals surface area contributed by atoms with Crippen LogP contribution in [-0.2, 0) is 11.4 Å². The van der Waals surface area contributed by atoms with E-state index in [-0.39, 0.29) is 24.2 Å². The van der Waals surface area contributed by atoms with Gasteiger partial charge in [-0.05, 0) is 57.5 Å². The summed E-state index contributed by atoms with van der Waals surface area (Å²) in [4.78, 5) is 25.4. The average molecular weight is 446 g/mol. The van der Waals surface area contributed by atoms with Gasteiger partial charge in [0.2, 0.25) is 0 Å². The van der Waals surface area contributed by atoms with E-state index < -0.39 is 5.91 Å². The number of carbonyl (C=O) groups is 2. The lowest BCUT2D eigenvalue weighted by atomic mass is 10.2. The second-order valence-electron chi connectivity index (χ2n) is 5.54. The summed E-state index contributed by atoms with van der Waals surface area (Å²) in [5.74, 6) is 2.10. The third-order valence-electron chi connectivity index (χ3n) is 3.72. The molecule has 0 aliphatic carbocycles. The van der Waals surface area contributed by atoms with Crippen molar-refractivity contribution in [2.45, 2.75) is 6.61 Å². The van der Waals surface area contributed by atoms with Gasteiger partial charge >= 0.3 is 0 Å². The number of imide groups is 1. The Hall–Kier alpha value is -2.56. The fourth-order valence-electron chi connectivity index (χ4n) is 2.37. The van der Waals surface area contributed by atoms with Gasteiger partial charge < -0.3 is 4.74 Å². The molecule has 0 atom stereocenters. The molecule has 0 bridgehead atoms. The Bertz CT molecular complexity index is 983. The van der Waals surface area contributed by atoms with Crippen molar-refractivity contribution >= 4 is 44.9 Å². The Kier molecular flexibility index (Phi) is 5.99. The molecule has 3 rings (SSSR count). The maximum Gasteiger partial charge on any atom is 0.294 e. The largest absolute Gasteiger partial charge is 0.488 e. The van der Waals surface area contributed by atoms with Crippen molar-refractivity contribution in [2.24, 2.45) is 0 Å². The van der Waals surface area contributed by atoms with Crippen LogP contribution in [0.15, 0.2) is 51.8 Å². The molecule has 1 fully saturated rings. The van der Waals surface area contributed by atoms with E-state index in [1.54, 1.807) is 42.5 Å². The van der Waals surface area contributed by atoms with Gasteiger partial charge in [-0.25, -0.2) is 4.39 Å². The standard InChI is InChI=1S/C20H13BrFNO3S/c1-2-9-23-19(24)18(27-20(23)25)11-13-7-8-17(15(21)10-13)26-12-14-5-3-4-6-16(14)22/h1,3-8,10-11H,9,12H2/b18-11-. The zero-order valence-corrected chi connectivity index (χ0v) is 16.3. The highest BCUT2D eigenvalue weighted by atomic mass is 79.9. The van der Waals surface area contributed by atoms with Gasteiger partial charge in [0.25, 0.3) is 11.1 Å². The fraction of sp³-hybridized carbons (Fsp3) is 0.100. The maximum atomic E-state index is 13.7. The first-order valence-corrected chi connectivity index (χ1v) is 9.45. The van der Waals surface area contributed by atoms with Crippen LogP contribution in [0.2, 0.25) is 0 Å². The zero-order valence-electron chi connectivity index (χ0n) is 13.9. The van der Waals surface area contributed by atoms with Crippen LogP contribution in [0.5, 0.6) is 5.75 Å². The number of ether oxygens (including phenoxy) is 1. The number of benzene rings is 2. The van der Waals surface area contributed by atoms with Crippen LogP contribution >= 0.6 is 27.7 Å². The lowest BCUT2D eigenvalue weighted by molar-refractivity contribution is -0.122. The molecule has 1 aliphatic heterocycles. The first kappa shape index (κ1) is 19.2. The van der Waals surface area contributed by atoms with Crippen LogP contribution in [0.1, 0.15) is 11.1 Å². The molecular formula is C20H13BrFNO3S. The number of carbonyl (C=O) groups excluding carboxylic acids is 2. The monoisotopic (exact) mass is 445 g/mol. The molecule has 136 valence electrons. The van der Waals surface area contributed by atoms with Crippen LogP contribution in [0, 0.1) is 18.2 Å². The normalized spacial score (nSPS) is 15.3. The van der Waals surface area contributed by atoms with Crippen LogP contribution < -0.4 is 4.74 Å². The highest BCUT2D eigenvalue weighted by Gasteiger charge is 2.34. The van der Waals surface area contributed by atoms with E-state index in [1.165, 1.54) is 6.07 Å². The minimum atomic E-state index is -0.404. The zero-order chi connectivity index (χ0) is 19.4. The number of hydrogen-bond donors (Lipinski definition) is 0. The molecule has 0 spiro atoms. The summed E-state index contributed by atoms with van der Waals surface area (Å²) in [5, 5.41) is -0.381. The summed E-state index contributed by atoms with van der Waals surface area (Å²) in [7, 11) is 0. The Morgan fingerprint density at radius 1 is 1.26 bits per heavy atom. The third kappa shape index (κ3) is 4.41. The summed E-state index contributed by atoms with van der Waals surface area (Å²) < 4.78 is 20.0. The summed E-state index contributed by atoms with van der Waals surface area (Å²) in [6.07, 6.45) is 6.80. The van der Waals surface area contributed by atoms with Crippen molar-refractivity contribution < 1.29 is 18.7 Å². The molecular weight excluding hydrogens is 433 g/mol. The lowest BCUT2D eigenvalue weighted by Gasteiger charge is -2.10. The van der Waals surface area contributed by atoms with E-state index in [2.05, 4.69) is 21.9 Å². The van der Waals surface area contributed by atoms with Gasteiger partial charge in [0, 0.05) is 5.56 Å². The molecule has 2 amide bonds. The SMILES string of the molecule is C#CCN1C(=O)S/C(=C\c2ccc(OCc3ccccc3F)c(Br)c2)C1=O. The predicted octanol–water partition coefficient (Wildman–Crippen LogP) is 4.84. The van der Waals surface area contributed by atoms with Crippen molar-refractivity contribution in [1.29, 1.82) is 0 Å². The second kappa shape index (κ2) is 8.42. The molecule has 2 aromatic carbocycles. The number of rotatable bonds is 5. The molecule has 0 aromatic heterocycles. The Balaban J connectivity index is 1.74. The van der Waals surface area contributed by atoms with E-state index in [4.69, 9.17) is 11.2 Å². The molecule has 0 saturated carbocycles. The van der Waals surface area contributed by atoms with Crippen LogP contribution in [0.25, 0.3) is 6.08 Å². The molecule has 7 heteroatoms. The van der Waals surface area contributed by atoms with E-state index in [0.717, 1.165) is 16.7 Å². The lowest BCUT2D eigenvalue weighted by Crippen LogP contribution is -2.28. The van der Waals surface area contributed by atoms with Crippen molar-refractivity contribution in [3.8, 4) is 18.1 Å². The van der Waals surface area contributed by atoms with Gasteiger partial charge in [0.1, 0.15) is 18.2 Å². The van der Waals surface area contributed by atoms with E-state index in [1.807, 2.05) is 0 Å². The maximum absolute atomic E-state index is 13.7. The number of thioether (sulfide) groups is 1. The fourth-order valence-corrected chi connectivity index (χ4v) is 3.72. The molecule has 1 saturated heterocycles. The second-order valence-corrected chi connectivity index (χ2v) is 7.39. The van der Waals surface area contributed by atoms with E-state index in [9.17, 15) is 14.0 Å². The summed E-state index contributed by atoms with van der Waals surface area (Å²) in [6.45, 7) is 0.0458. The quantitative estimate of drug-likeness (QED) is 0.488. The summed E-state index contributed by atoms with van der Waals surface area (Å²) in [5.41, 5.74) is 1.17. The molecule has 27 heavy (non-hydrogen) atoms. The highest BCUT2D eigenvalue weighted by molar-refractivity contribution is 9.10. The number of terminal acetylenes is 1. The van der Waals surface area contributed by atoms with Gasteiger partial charge in [0.15, 0.2) is 0 Å². The Morgan fingerprint density at radius 2 is 2.04 bits per heavy atom. The van der Waals surface area contributed by atoms with Crippen LogP contribution in [0.3, 0.4) is 0 Å². The molecule has 0 unspecified atom stereocenters.